The van der Waals surface area contributed by atoms with Crippen LogP contribution in [0.4, 0.5) is 13.2 Å². The van der Waals surface area contributed by atoms with E-state index in [1.54, 1.807) is 12.1 Å². The van der Waals surface area contributed by atoms with E-state index in [1.807, 2.05) is 32.9 Å². The molecule has 0 amide bonds. The smallest absolute Gasteiger partial charge is 0.416 e. The predicted molar refractivity (Wildman–Crippen MR) is 141 cm³/mol. The number of aliphatic carboxylic acids is 1. The second-order valence-corrected chi connectivity index (χ2v) is 10.1. The van der Waals surface area contributed by atoms with Crippen LogP contribution in [0.15, 0.2) is 60.7 Å². The van der Waals surface area contributed by atoms with Gasteiger partial charge in [0.2, 0.25) is 0 Å². The van der Waals surface area contributed by atoms with Gasteiger partial charge in [-0.3, -0.25) is 4.79 Å². The highest BCUT2D eigenvalue weighted by molar-refractivity contribution is 7.16. The number of alkyl halides is 3. The summed E-state index contributed by atoms with van der Waals surface area (Å²) in [5.41, 5.74) is 3.36. The quantitative estimate of drug-likeness (QED) is 0.214. The zero-order valence-electron chi connectivity index (χ0n) is 20.9. The van der Waals surface area contributed by atoms with Gasteiger partial charge in [0.05, 0.1) is 16.1 Å². The van der Waals surface area contributed by atoms with E-state index in [4.69, 9.17) is 5.11 Å². The van der Waals surface area contributed by atoms with E-state index in [2.05, 4.69) is 11.6 Å². The zero-order valence-corrected chi connectivity index (χ0v) is 21.7. The van der Waals surface area contributed by atoms with E-state index in [9.17, 15) is 22.8 Å². The van der Waals surface area contributed by atoms with Gasteiger partial charge in [0.1, 0.15) is 5.01 Å². The molecule has 1 N–H and O–H groups in total. The number of halogens is 3. The summed E-state index contributed by atoms with van der Waals surface area (Å²) in [5.74, 6) is -1.10. The van der Waals surface area contributed by atoms with Crippen molar-refractivity contribution >= 4 is 29.2 Å². The van der Waals surface area contributed by atoms with Crippen molar-refractivity contribution < 1.29 is 27.9 Å². The topological polar surface area (TPSA) is 67.3 Å². The summed E-state index contributed by atoms with van der Waals surface area (Å²) in [5, 5.41) is 9.52. The fourth-order valence-electron chi connectivity index (χ4n) is 3.78. The number of aromatic nitrogens is 1. The van der Waals surface area contributed by atoms with Crippen molar-refractivity contribution in [1.82, 2.24) is 4.98 Å². The number of hydrogen-bond donors (Lipinski definition) is 1. The van der Waals surface area contributed by atoms with E-state index < -0.39 is 17.7 Å². The van der Waals surface area contributed by atoms with Gasteiger partial charge in [-0.15, -0.1) is 11.3 Å². The molecule has 0 bridgehead atoms. The maximum absolute atomic E-state index is 12.9. The fraction of sp³-hybridized carbons (Fsp3) is 0.276. The number of nitrogens with zero attached hydrogens (tertiary/aromatic N) is 1. The second kappa shape index (κ2) is 11.7. The maximum Gasteiger partial charge on any atom is 0.416 e. The molecule has 3 aromatic rings. The molecule has 0 unspecified atom stereocenters. The molecular formula is C29H28F3NO3S. The normalized spacial score (nSPS) is 11.9. The lowest BCUT2D eigenvalue weighted by Crippen LogP contribution is -2.03. The molecule has 0 aliphatic rings. The van der Waals surface area contributed by atoms with Crippen LogP contribution < -0.4 is 0 Å². The standard InChI is InChI=1S/C29H28F3NO3S/c1-17(2)26-25(37-27(33-26)21-10-12-23(13-11-21)29(30,31)32)15-14-24(34)22-9-8-20(19(4)16-22)7-5-6-18(3)28(35)36/h8-17H,3,5-7H2,1-2,4H3,(H,35,36)/b15-14+. The van der Waals surface area contributed by atoms with Crippen molar-refractivity contribution in [3.8, 4) is 10.6 Å². The Bertz CT molecular complexity index is 1340. The molecule has 0 fully saturated rings. The summed E-state index contributed by atoms with van der Waals surface area (Å²) in [7, 11) is 0. The number of thiazole rings is 1. The van der Waals surface area contributed by atoms with E-state index in [0.29, 0.717) is 35.4 Å². The Morgan fingerprint density at radius 2 is 1.81 bits per heavy atom. The van der Waals surface area contributed by atoms with Crippen LogP contribution >= 0.6 is 11.3 Å². The van der Waals surface area contributed by atoms with Crippen molar-refractivity contribution in [2.75, 3.05) is 0 Å². The van der Waals surface area contributed by atoms with Gasteiger partial charge in [-0.1, -0.05) is 44.7 Å². The first-order valence-corrected chi connectivity index (χ1v) is 12.6. The van der Waals surface area contributed by atoms with Gasteiger partial charge in [-0.05, 0) is 73.6 Å². The predicted octanol–water partition coefficient (Wildman–Crippen LogP) is 8.12. The minimum atomic E-state index is -4.40. The van der Waals surface area contributed by atoms with Crippen LogP contribution in [0.25, 0.3) is 16.6 Å². The molecule has 1 aromatic heterocycles. The number of carboxylic acids is 1. The van der Waals surface area contributed by atoms with Crippen LogP contribution in [-0.4, -0.2) is 21.8 Å². The van der Waals surface area contributed by atoms with E-state index in [-0.39, 0.29) is 17.3 Å². The summed E-state index contributed by atoms with van der Waals surface area (Å²) in [4.78, 5) is 29.2. The largest absolute Gasteiger partial charge is 0.478 e. The molecule has 0 saturated carbocycles. The molecular weight excluding hydrogens is 499 g/mol. The first kappa shape index (κ1) is 28.1. The summed E-state index contributed by atoms with van der Waals surface area (Å²) < 4.78 is 38.7. The second-order valence-electron chi connectivity index (χ2n) is 9.10. The zero-order chi connectivity index (χ0) is 27.3. The molecule has 0 aliphatic heterocycles. The Kier molecular flexibility index (Phi) is 8.86. The number of carbonyl (C=O) groups excluding carboxylic acids is 1. The first-order valence-electron chi connectivity index (χ1n) is 11.8. The number of carbonyl (C=O) groups is 2. The van der Waals surface area contributed by atoms with Gasteiger partial charge in [-0.25, -0.2) is 9.78 Å². The summed E-state index contributed by atoms with van der Waals surface area (Å²) >= 11 is 1.33. The Morgan fingerprint density at radius 3 is 2.38 bits per heavy atom. The molecule has 0 atom stereocenters. The third-order valence-corrected chi connectivity index (χ3v) is 7.01. The third-order valence-electron chi connectivity index (χ3n) is 5.93. The van der Waals surface area contributed by atoms with Crippen LogP contribution in [0.3, 0.4) is 0 Å². The van der Waals surface area contributed by atoms with Crippen LogP contribution in [0, 0.1) is 6.92 Å². The van der Waals surface area contributed by atoms with Gasteiger partial charge in [0, 0.05) is 16.7 Å². The van der Waals surface area contributed by atoms with Crippen LogP contribution in [-0.2, 0) is 17.4 Å². The highest BCUT2D eigenvalue weighted by Crippen LogP contribution is 2.35. The van der Waals surface area contributed by atoms with Crippen molar-refractivity contribution in [2.24, 2.45) is 0 Å². The van der Waals surface area contributed by atoms with Gasteiger partial charge in [-0.2, -0.15) is 13.2 Å². The molecule has 0 aliphatic carbocycles. The van der Waals surface area contributed by atoms with Crippen LogP contribution in [0.1, 0.15) is 70.2 Å². The van der Waals surface area contributed by atoms with Crippen LogP contribution in [0.5, 0.6) is 0 Å². The highest BCUT2D eigenvalue weighted by atomic mass is 32.1. The Labute approximate surface area is 218 Å². The summed E-state index contributed by atoms with van der Waals surface area (Å²) in [6.45, 7) is 9.40. The highest BCUT2D eigenvalue weighted by Gasteiger charge is 2.30. The molecule has 4 nitrogen and oxygen atoms in total. The monoisotopic (exact) mass is 527 g/mol. The van der Waals surface area contributed by atoms with Gasteiger partial charge >= 0.3 is 12.1 Å². The Hall–Kier alpha value is -3.52. The molecule has 2 aromatic carbocycles. The lowest BCUT2D eigenvalue weighted by Gasteiger charge is -2.07. The van der Waals surface area contributed by atoms with Crippen molar-refractivity contribution in [3.05, 3.63) is 93.5 Å². The van der Waals surface area contributed by atoms with Gasteiger partial charge in [0.25, 0.3) is 0 Å². The number of ketones is 1. The summed E-state index contributed by atoms with van der Waals surface area (Å²) in [6.07, 6.45) is 0.549. The molecule has 8 heteroatoms. The lowest BCUT2D eigenvalue weighted by molar-refractivity contribution is -0.137. The van der Waals surface area contributed by atoms with Gasteiger partial charge < -0.3 is 5.11 Å². The number of carboxylic acid groups (broad SMARTS) is 1. The number of rotatable bonds is 10. The minimum Gasteiger partial charge on any atom is -0.478 e. The molecule has 0 saturated heterocycles. The van der Waals surface area contributed by atoms with Crippen molar-refractivity contribution in [2.45, 2.75) is 52.1 Å². The van der Waals surface area contributed by atoms with Crippen molar-refractivity contribution in [1.29, 1.82) is 0 Å². The molecule has 0 radical (unpaired) electrons. The average Bonchev–Trinajstić information content (AvgIpc) is 3.27. The fourth-order valence-corrected chi connectivity index (χ4v) is 4.91. The Morgan fingerprint density at radius 1 is 1.14 bits per heavy atom. The number of aryl methyl sites for hydroxylation is 2. The molecule has 194 valence electrons. The minimum absolute atomic E-state index is 0.0629. The molecule has 3 rings (SSSR count). The first-order chi connectivity index (χ1) is 17.4. The lowest BCUT2D eigenvalue weighted by atomic mass is 9.97. The number of hydrogen-bond acceptors (Lipinski definition) is 4. The summed E-state index contributed by atoms with van der Waals surface area (Å²) in [6, 6.07) is 10.4. The molecule has 1 heterocycles. The van der Waals surface area contributed by atoms with E-state index in [1.165, 1.54) is 29.5 Å². The average molecular weight is 528 g/mol. The molecule has 37 heavy (non-hydrogen) atoms. The third kappa shape index (κ3) is 7.26. The Balaban J connectivity index is 1.75. The van der Waals surface area contributed by atoms with E-state index >= 15 is 0 Å². The van der Waals surface area contributed by atoms with Crippen molar-refractivity contribution in [3.63, 3.8) is 0 Å². The van der Waals surface area contributed by atoms with Crippen LogP contribution in [0.2, 0.25) is 0 Å². The number of allylic oxidation sites excluding steroid dienone is 1. The number of benzene rings is 2. The maximum atomic E-state index is 12.9. The molecule has 0 spiro atoms. The van der Waals surface area contributed by atoms with Gasteiger partial charge in [0.15, 0.2) is 5.78 Å². The van der Waals surface area contributed by atoms with E-state index in [0.717, 1.165) is 33.8 Å². The SMILES string of the molecule is C=C(CCCc1ccc(C(=O)/C=C/c2sc(-c3ccc(C(F)(F)F)cc3)nc2C(C)C)cc1C)C(=O)O.